The van der Waals surface area contributed by atoms with Gasteiger partial charge in [0.15, 0.2) is 0 Å². The lowest BCUT2D eigenvalue weighted by atomic mass is 10.1. The Morgan fingerprint density at radius 2 is 1.89 bits per heavy atom. The van der Waals surface area contributed by atoms with Gasteiger partial charge in [0.1, 0.15) is 0 Å². The molecule has 1 unspecified atom stereocenters. The highest BCUT2D eigenvalue weighted by Gasteiger charge is 2.03. The molecule has 0 saturated heterocycles. The smallest absolute Gasteiger partial charge is 0.212 e. The van der Waals surface area contributed by atoms with E-state index in [0.29, 0.717) is 11.9 Å². The number of nitrogens with one attached hydrogen (secondary N) is 1. The number of methoxy groups -OCH3 is 1. The fourth-order valence-corrected chi connectivity index (χ4v) is 1.97. The van der Waals surface area contributed by atoms with Crippen LogP contribution >= 0.6 is 0 Å². The second-order valence-electron chi connectivity index (χ2n) is 4.68. The van der Waals surface area contributed by atoms with Crippen LogP contribution in [-0.4, -0.2) is 18.1 Å². The number of hydrogen-bond donors (Lipinski definition) is 1. The summed E-state index contributed by atoms with van der Waals surface area (Å²) in [5.74, 6) is 0.654. The van der Waals surface area contributed by atoms with Crippen molar-refractivity contribution in [2.45, 2.75) is 25.9 Å². The van der Waals surface area contributed by atoms with Crippen molar-refractivity contribution >= 4 is 0 Å². The van der Waals surface area contributed by atoms with E-state index in [4.69, 9.17) is 4.74 Å². The van der Waals surface area contributed by atoms with Gasteiger partial charge in [-0.2, -0.15) is 0 Å². The van der Waals surface area contributed by atoms with Crippen LogP contribution in [0.4, 0.5) is 0 Å². The average molecular weight is 256 g/mol. The van der Waals surface area contributed by atoms with Gasteiger partial charge in [-0.05, 0) is 24.5 Å². The van der Waals surface area contributed by atoms with E-state index in [1.165, 1.54) is 11.1 Å². The molecule has 100 valence electrons. The predicted molar refractivity (Wildman–Crippen MR) is 77.2 cm³/mol. The second-order valence-corrected chi connectivity index (χ2v) is 4.68. The van der Waals surface area contributed by atoms with Crippen molar-refractivity contribution in [1.82, 2.24) is 10.3 Å². The molecule has 0 aliphatic rings. The molecule has 0 spiro atoms. The normalized spacial score (nSPS) is 12.1. The summed E-state index contributed by atoms with van der Waals surface area (Å²) in [6.45, 7) is 3.02. The van der Waals surface area contributed by atoms with Gasteiger partial charge in [0.05, 0.1) is 7.11 Å². The molecular weight excluding hydrogens is 236 g/mol. The number of benzene rings is 1. The first-order chi connectivity index (χ1) is 9.28. The first-order valence-electron chi connectivity index (χ1n) is 6.54. The Balaban J connectivity index is 1.81. The average Bonchev–Trinajstić information content (AvgIpc) is 2.47. The summed E-state index contributed by atoms with van der Waals surface area (Å²) >= 11 is 0. The molecule has 3 heteroatoms. The molecule has 1 heterocycles. The summed E-state index contributed by atoms with van der Waals surface area (Å²) in [6, 6.07) is 14.9. The van der Waals surface area contributed by atoms with E-state index in [0.717, 1.165) is 13.0 Å². The third-order valence-corrected chi connectivity index (χ3v) is 3.05. The van der Waals surface area contributed by atoms with Crippen molar-refractivity contribution in [1.29, 1.82) is 0 Å². The molecule has 3 nitrogen and oxygen atoms in total. The number of ether oxygens (including phenoxy) is 1. The molecule has 19 heavy (non-hydrogen) atoms. The van der Waals surface area contributed by atoms with Gasteiger partial charge in [0.25, 0.3) is 0 Å². The molecule has 0 aliphatic carbocycles. The Labute approximate surface area is 114 Å². The van der Waals surface area contributed by atoms with Crippen molar-refractivity contribution in [3.63, 3.8) is 0 Å². The molecule has 2 aromatic rings. The lowest BCUT2D eigenvalue weighted by Gasteiger charge is -2.14. The van der Waals surface area contributed by atoms with Crippen LogP contribution in [0.2, 0.25) is 0 Å². The maximum Gasteiger partial charge on any atom is 0.212 e. The molecule has 0 aliphatic heterocycles. The third kappa shape index (κ3) is 4.38. The van der Waals surface area contributed by atoms with E-state index >= 15 is 0 Å². The standard InChI is InChI=1S/C16H20N2O/c1-13(10-14-6-4-3-5-7-14)17-11-15-8-9-16(19-2)18-12-15/h3-9,12-13,17H,10-11H2,1-2H3. The van der Waals surface area contributed by atoms with Crippen LogP contribution in [0.25, 0.3) is 0 Å². The molecule has 1 N–H and O–H groups in total. The quantitative estimate of drug-likeness (QED) is 0.863. The molecule has 1 aromatic carbocycles. The predicted octanol–water partition coefficient (Wildman–Crippen LogP) is 2.81. The van der Waals surface area contributed by atoms with Crippen LogP contribution in [0.1, 0.15) is 18.1 Å². The van der Waals surface area contributed by atoms with Gasteiger partial charge in [-0.15, -0.1) is 0 Å². The summed E-state index contributed by atoms with van der Waals surface area (Å²) in [6.07, 6.45) is 2.88. The SMILES string of the molecule is COc1ccc(CNC(C)Cc2ccccc2)cn1. The zero-order chi connectivity index (χ0) is 13.5. The zero-order valence-corrected chi connectivity index (χ0v) is 11.5. The highest BCUT2D eigenvalue weighted by atomic mass is 16.5. The number of rotatable bonds is 6. The fraction of sp³-hybridized carbons (Fsp3) is 0.312. The van der Waals surface area contributed by atoms with Crippen molar-refractivity contribution < 1.29 is 4.74 Å². The van der Waals surface area contributed by atoms with Gasteiger partial charge < -0.3 is 10.1 Å². The minimum atomic E-state index is 0.435. The topological polar surface area (TPSA) is 34.1 Å². The van der Waals surface area contributed by atoms with Crippen molar-refractivity contribution in [2.75, 3.05) is 7.11 Å². The molecule has 2 rings (SSSR count). The molecule has 1 aromatic heterocycles. The van der Waals surface area contributed by atoms with Gasteiger partial charge in [-0.3, -0.25) is 0 Å². The van der Waals surface area contributed by atoms with Crippen LogP contribution < -0.4 is 10.1 Å². The van der Waals surface area contributed by atoms with E-state index in [9.17, 15) is 0 Å². The summed E-state index contributed by atoms with van der Waals surface area (Å²) in [5.41, 5.74) is 2.52. The van der Waals surface area contributed by atoms with Crippen LogP contribution in [0.5, 0.6) is 5.88 Å². The number of hydrogen-bond acceptors (Lipinski definition) is 3. The minimum absolute atomic E-state index is 0.435. The number of nitrogens with zero attached hydrogens (tertiary/aromatic N) is 1. The molecule has 0 amide bonds. The second kappa shape index (κ2) is 6.90. The summed E-state index contributed by atoms with van der Waals surface area (Å²) < 4.78 is 5.04. The van der Waals surface area contributed by atoms with E-state index in [2.05, 4.69) is 41.5 Å². The Bertz CT molecular complexity index is 482. The lowest BCUT2D eigenvalue weighted by Crippen LogP contribution is -2.27. The first-order valence-corrected chi connectivity index (χ1v) is 6.54. The maximum absolute atomic E-state index is 5.04. The van der Waals surface area contributed by atoms with Crippen LogP contribution in [0, 0.1) is 0 Å². The summed E-state index contributed by atoms with van der Waals surface area (Å²) in [5, 5.41) is 3.50. The highest BCUT2D eigenvalue weighted by Crippen LogP contribution is 2.07. The van der Waals surface area contributed by atoms with Gasteiger partial charge in [-0.1, -0.05) is 36.4 Å². The Hall–Kier alpha value is -1.87. The summed E-state index contributed by atoms with van der Waals surface area (Å²) in [4.78, 5) is 4.20. The van der Waals surface area contributed by atoms with Crippen LogP contribution in [0.3, 0.4) is 0 Å². The minimum Gasteiger partial charge on any atom is -0.481 e. The molecule has 1 atom stereocenters. The molecule has 0 bridgehead atoms. The van der Waals surface area contributed by atoms with Crippen LogP contribution in [-0.2, 0) is 13.0 Å². The van der Waals surface area contributed by atoms with Crippen LogP contribution in [0.15, 0.2) is 48.7 Å². The molecular formula is C16H20N2O. The lowest BCUT2D eigenvalue weighted by molar-refractivity contribution is 0.397. The van der Waals surface area contributed by atoms with E-state index in [1.807, 2.05) is 24.4 Å². The van der Waals surface area contributed by atoms with Gasteiger partial charge >= 0.3 is 0 Å². The first kappa shape index (κ1) is 13.6. The summed E-state index contributed by atoms with van der Waals surface area (Å²) in [7, 11) is 1.63. The van der Waals surface area contributed by atoms with Crippen molar-refractivity contribution in [3.05, 3.63) is 59.8 Å². The van der Waals surface area contributed by atoms with Gasteiger partial charge in [-0.25, -0.2) is 4.98 Å². The van der Waals surface area contributed by atoms with E-state index in [-0.39, 0.29) is 0 Å². The number of aromatic nitrogens is 1. The zero-order valence-electron chi connectivity index (χ0n) is 11.5. The Morgan fingerprint density at radius 1 is 1.11 bits per heavy atom. The largest absolute Gasteiger partial charge is 0.481 e. The third-order valence-electron chi connectivity index (χ3n) is 3.05. The van der Waals surface area contributed by atoms with Gasteiger partial charge in [0, 0.05) is 24.8 Å². The number of pyridine rings is 1. The van der Waals surface area contributed by atoms with E-state index in [1.54, 1.807) is 7.11 Å². The van der Waals surface area contributed by atoms with Crippen molar-refractivity contribution in [2.24, 2.45) is 0 Å². The molecule has 0 fully saturated rings. The monoisotopic (exact) mass is 256 g/mol. The Morgan fingerprint density at radius 3 is 2.53 bits per heavy atom. The molecule has 0 radical (unpaired) electrons. The van der Waals surface area contributed by atoms with Gasteiger partial charge in [0.2, 0.25) is 5.88 Å². The molecule has 0 saturated carbocycles. The van der Waals surface area contributed by atoms with E-state index < -0.39 is 0 Å². The maximum atomic E-state index is 5.04. The fourth-order valence-electron chi connectivity index (χ4n) is 1.97. The Kier molecular flexibility index (Phi) is 4.93. The van der Waals surface area contributed by atoms with Crippen molar-refractivity contribution in [3.8, 4) is 5.88 Å². The highest BCUT2D eigenvalue weighted by molar-refractivity contribution is 5.18.